The Hall–Kier alpha value is -3.43. The Morgan fingerprint density at radius 2 is 1.62 bits per heavy atom. The predicted octanol–water partition coefficient (Wildman–Crippen LogP) is 2.34. The van der Waals surface area contributed by atoms with Crippen LogP contribution in [0.3, 0.4) is 0 Å². The average Bonchev–Trinajstić information content (AvgIpc) is 3.54. The molecule has 2 atom stereocenters. The molecule has 3 heterocycles. The molecule has 32 heavy (non-hydrogen) atoms. The van der Waals surface area contributed by atoms with Crippen LogP contribution in [0.15, 0.2) is 36.9 Å². The van der Waals surface area contributed by atoms with E-state index in [9.17, 15) is 14.4 Å². The Balaban J connectivity index is 1.29. The van der Waals surface area contributed by atoms with Gasteiger partial charge in [0, 0.05) is 37.6 Å². The molecule has 10 heteroatoms. The summed E-state index contributed by atoms with van der Waals surface area (Å²) in [5.74, 6) is -0.518. The first-order chi connectivity index (χ1) is 15.5. The minimum Gasteiger partial charge on any atom is -0.326 e. The van der Waals surface area contributed by atoms with E-state index in [0.29, 0.717) is 24.5 Å². The first-order valence-electron chi connectivity index (χ1n) is 11.1. The fourth-order valence-corrected chi connectivity index (χ4v) is 4.14. The Morgan fingerprint density at radius 1 is 0.969 bits per heavy atom. The second-order valence-corrected chi connectivity index (χ2v) is 8.37. The third-order valence-electron chi connectivity index (χ3n) is 6.07. The van der Waals surface area contributed by atoms with Crippen LogP contribution in [-0.2, 0) is 9.59 Å². The topological polar surface area (TPSA) is 112 Å². The van der Waals surface area contributed by atoms with Gasteiger partial charge in [-0.15, -0.1) is 0 Å². The van der Waals surface area contributed by atoms with Gasteiger partial charge in [-0.05, 0) is 56.9 Å². The second kappa shape index (κ2) is 9.80. The van der Waals surface area contributed by atoms with Gasteiger partial charge in [0.25, 0.3) is 0 Å². The van der Waals surface area contributed by atoms with Crippen LogP contribution in [0, 0.1) is 5.92 Å². The van der Waals surface area contributed by atoms with E-state index in [0.717, 1.165) is 38.8 Å². The van der Waals surface area contributed by atoms with E-state index in [1.54, 1.807) is 31.2 Å². The molecule has 0 aliphatic carbocycles. The number of nitrogens with one attached hydrogen (secondary N) is 2. The van der Waals surface area contributed by atoms with Crippen molar-refractivity contribution in [2.24, 2.45) is 5.92 Å². The first kappa shape index (κ1) is 21.8. The SMILES string of the molecule is CC(C(=O)Nc1ccc(NC(=O)C2CCCN(C(=O)N3CCCC3)C2)cc1)n1cncn1. The van der Waals surface area contributed by atoms with E-state index in [1.165, 1.54) is 17.3 Å². The lowest BCUT2D eigenvalue weighted by molar-refractivity contribution is -0.121. The number of likely N-dealkylation sites (tertiary alicyclic amines) is 2. The summed E-state index contributed by atoms with van der Waals surface area (Å²) in [6, 6.07) is 6.56. The van der Waals surface area contributed by atoms with Crippen molar-refractivity contribution >= 4 is 29.2 Å². The molecule has 2 fully saturated rings. The zero-order valence-electron chi connectivity index (χ0n) is 18.2. The van der Waals surface area contributed by atoms with Gasteiger partial charge >= 0.3 is 6.03 Å². The van der Waals surface area contributed by atoms with Crippen LogP contribution in [0.5, 0.6) is 0 Å². The molecule has 2 saturated heterocycles. The molecule has 1 aromatic heterocycles. The smallest absolute Gasteiger partial charge is 0.320 e. The van der Waals surface area contributed by atoms with Crippen molar-refractivity contribution in [2.45, 2.75) is 38.6 Å². The van der Waals surface area contributed by atoms with Crippen LogP contribution < -0.4 is 10.6 Å². The minimum absolute atomic E-state index is 0.0558. The molecule has 2 aliphatic rings. The summed E-state index contributed by atoms with van der Waals surface area (Å²) in [4.78, 5) is 45.4. The Labute approximate surface area is 187 Å². The van der Waals surface area contributed by atoms with Gasteiger partial charge < -0.3 is 20.4 Å². The first-order valence-corrected chi connectivity index (χ1v) is 11.1. The average molecular weight is 440 g/mol. The predicted molar refractivity (Wildman–Crippen MR) is 119 cm³/mol. The molecule has 0 saturated carbocycles. The summed E-state index contributed by atoms with van der Waals surface area (Å²) in [7, 11) is 0. The number of carbonyl (C=O) groups is 3. The monoisotopic (exact) mass is 439 g/mol. The van der Waals surface area contributed by atoms with Crippen molar-refractivity contribution in [2.75, 3.05) is 36.8 Å². The molecule has 170 valence electrons. The van der Waals surface area contributed by atoms with Crippen molar-refractivity contribution < 1.29 is 14.4 Å². The Morgan fingerprint density at radius 3 is 2.28 bits per heavy atom. The summed E-state index contributed by atoms with van der Waals surface area (Å²) in [6.45, 7) is 4.52. The molecule has 10 nitrogen and oxygen atoms in total. The van der Waals surface area contributed by atoms with Gasteiger partial charge in [-0.25, -0.2) is 14.5 Å². The summed E-state index contributed by atoms with van der Waals surface area (Å²) < 4.78 is 1.48. The lowest BCUT2D eigenvalue weighted by Crippen LogP contribution is -2.48. The Bertz CT molecular complexity index is 939. The molecule has 2 unspecified atom stereocenters. The standard InChI is InChI=1S/C22H29N7O3/c1-16(29-15-23-14-24-29)20(30)25-18-6-8-19(9-7-18)26-21(31)17-5-4-12-28(13-17)22(32)27-10-2-3-11-27/h6-9,14-17H,2-5,10-13H2,1H3,(H,25,30)(H,26,31). The van der Waals surface area contributed by atoms with Gasteiger partial charge in [0.05, 0.1) is 5.92 Å². The highest BCUT2D eigenvalue weighted by Crippen LogP contribution is 2.22. The molecule has 1 aromatic carbocycles. The lowest BCUT2D eigenvalue weighted by atomic mass is 9.97. The van der Waals surface area contributed by atoms with Crippen molar-refractivity contribution in [3.63, 3.8) is 0 Å². The van der Waals surface area contributed by atoms with Crippen LogP contribution in [-0.4, -0.2) is 68.6 Å². The van der Waals surface area contributed by atoms with Gasteiger partial charge in [0.1, 0.15) is 18.7 Å². The number of anilines is 2. The molecule has 0 spiro atoms. The van der Waals surface area contributed by atoms with Crippen molar-refractivity contribution in [3.05, 3.63) is 36.9 Å². The largest absolute Gasteiger partial charge is 0.326 e. The summed E-state index contributed by atoms with van der Waals surface area (Å²) in [5, 5.41) is 9.75. The number of benzene rings is 1. The number of nitrogens with zero attached hydrogens (tertiary/aromatic N) is 5. The van der Waals surface area contributed by atoms with E-state index >= 15 is 0 Å². The number of hydrogen-bond donors (Lipinski definition) is 2. The zero-order valence-corrected chi connectivity index (χ0v) is 18.2. The molecule has 0 bridgehead atoms. The third-order valence-corrected chi connectivity index (χ3v) is 6.07. The van der Waals surface area contributed by atoms with Crippen LogP contribution in [0.25, 0.3) is 0 Å². The molecular formula is C22H29N7O3. The highest BCUT2D eigenvalue weighted by atomic mass is 16.2. The molecule has 2 aliphatic heterocycles. The second-order valence-electron chi connectivity index (χ2n) is 8.37. The number of hydrogen-bond acceptors (Lipinski definition) is 5. The van der Waals surface area contributed by atoms with Crippen LogP contribution in [0.1, 0.15) is 38.6 Å². The number of rotatable bonds is 5. The molecule has 0 radical (unpaired) electrons. The van der Waals surface area contributed by atoms with Crippen LogP contribution in [0.2, 0.25) is 0 Å². The molecular weight excluding hydrogens is 410 g/mol. The van der Waals surface area contributed by atoms with E-state index in [2.05, 4.69) is 20.7 Å². The van der Waals surface area contributed by atoms with Crippen LogP contribution in [0.4, 0.5) is 16.2 Å². The maximum Gasteiger partial charge on any atom is 0.320 e. The van der Waals surface area contributed by atoms with E-state index in [-0.39, 0.29) is 23.8 Å². The number of piperidine rings is 1. The zero-order chi connectivity index (χ0) is 22.5. The quantitative estimate of drug-likeness (QED) is 0.743. The molecule has 2 N–H and O–H groups in total. The third kappa shape index (κ3) is 5.06. The van der Waals surface area contributed by atoms with E-state index in [4.69, 9.17) is 0 Å². The normalized spacial score (nSPS) is 19.5. The number of aromatic nitrogens is 3. The van der Waals surface area contributed by atoms with Gasteiger partial charge in [-0.1, -0.05) is 0 Å². The highest BCUT2D eigenvalue weighted by Gasteiger charge is 2.31. The summed E-state index contributed by atoms with van der Waals surface area (Å²) in [5.41, 5.74) is 1.28. The number of carbonyl (C=O) groups excluding carboxylic acids is 3. The number of amides is 4. The fourth-order valence-electron chi connectivity index (χ4n) is 4.14. The van der Waals surface area contributed by atoms with Gasteiger partial charge in [-0.2, -0.15) is 5.10 Å². The molecule has 4 amide bonds. The fraction of sp³-hybridized carbons (Fsp3) is 0.500. The van der Waals surface area contributed by atoms with Gasteiger partial charge in [-0.3, -0.25) is 9.59 Å². The van der Waals surface area contributed by atoms with E-state index < -0.39 is 6.04 Å². The lowest BCUT2D eigenvalue weighted by Gasteiger charge is -2.34. The van der Waals surface area contributed by atoms with Gasteiger partial charge in [0.2, 0.25) is 11.8 Å². The summed E-state index contributed by atoms with van der Waals surface area (Å²) in [6.07, 6.45) is 6.58. The van der Waals surface area contributed by atoms with Crippen molar-refractivity contribution in [3.8, 4) is 0 Å². The summed E-state index contributed by atoms with van der Waals surface area (Å²) >= 11 is 0. The molecule has 2 aromatic rings. The Kier molecular flexibility index (Phi) is 6.67. The van der Waals surface area contributed by atoms with Crippen molar-refractivity contribution in [1.82, 2.24) is 24.6 Å². The molecule has 4 rings (SSSR count). The van der Waals surface area contributed by atoms with E-state index in [1.807, 2.05) is 9.80 Å². The number of urea groups is 1. The van der Waals surface area contributed by atoms with Gasteiger partial charge in [0.15, 0.2) is 0 Å². The minimum atomic E-state index is -0.491. The maximum atomic E-state index is 12.8. The van der Waals surface area contributed by atoms with Crippen LogP contribution >= 0.6 is 0 Å². The van der Waals surface area contributed by atoms with Crippen molar-refractivity contribution in [1.29, 1.82) is 0 Å². The highest BCUT2D eigenvalue weighted by molar-refractivity contribution is 5.95. The maximum absolute atomic E-state index is 12.8.